The van der Waals surface area contributed by atoms with Crippen molar-refractivity contribution in [2.75, 3.05) is 7.11 Å². The van der Waals surface area contributed by atoms with Crippen LogP contribution in [0.1, 0.15) is 10.4 Å². The Morgan fingerprint density at radius 2 is 2.29 bits per heavy atom. The summed E-state index contributed by atoms with van der Waals surface area (Å²) in [6.45, 7) is 0. The Morgan fingerprint density at radius 3 is 2.79 bits per heavy atom. The smallest absolute Gasteiger partial charge is 0.300 e. The van der Waals surface area contributed by atoms with Gasteiger partial charge in [0.2, 0.25) is 11.7 Å². The van der Waals surface area contributed by atoms with Crippen LogP contribution < -0.4 is 4.74 Å². The minimum absolute atomic E-state index is 0.0434. The van der Waals surface area contributed by atoms with Gasteiger partial charge < -0.3 is 4.74 Å². The molecule has 0 aromatic carbocycles. The number of ketones is 1. The summed E-state index contributed by atoms with van der Waals surface area (Å²) >= 11 is 5.61. The van der Waals surface area contributed by atoms with Gasteiger partial charge in [-0.2, -0.15) is 0 Å². The minimum Gasteiger partial charge on any atom is -0.480 e. The Labute approximate surface area is 83.7 Å². The molecule has 1 aromatic heterocycles. The van der Waals surface area contributed by atoms with E-state index in [9.17, 15) is 13.6 Å². The van der Waals surface area contributed by atoms with E-state index in [0.29, 0.717) is 0 Å². The van der Waals surface area contributed by atoms with Crippen LogP contribution in [0.15, 0.2) is 12.3 Å². The maximum Gasteiger partial charge on any atom is 0.300 e. The lowest BCUT2D eigenvalue weighted by Gasteiger charge is -2.05. The van der Waals surface area contributed by atoms with Gasteiger partial charge in [-0.15, -0.1) is 0 Å². The molecule has 0 atom stereocenters. The third kappa shape index (κ3) is 1.98. The number of methoxy groups -OCH3 is 1. The molecule has 0 saturated carbocycles. The second-order valence-corrected chi connectivity index (χ2v) is 2.72. The Hall–Kier alpha value is -1.23. The van der Waals surface area contributed by atoms with Gasteiger partial charge in [0.05, 0.1) is 7.11 Å². The summed E-state index contributed by atoms with van der Waals surface area (Å²) in [6, 6.07) is 1.12. The molecule has 1 aromatic rings. The van der Waals surface area contributed by atoms with Gasteiger partial charge in [-0.3, -0.25) is 4.79 Å². The van der Waals surface area contributed by atoms with E-state index in [2.05, 4.69) is 9.72 Å². The van der Waals surface area contributed by atoms with Gasteiger partial charge in [-0.1, -0.05) is 11.6 Å². The molecule has 6 heteroatoms. The Bertz CT molecular complexity index is 357. The predicted octanol–water partition coefficient (Wildman–Crippen LogP) is 2.19. The van der Waals surface area contributed by atoms with Crippen LogP contribution in [0.25, 0.3) is 0 Å². The number of hydrogen-bond donors (Lipinski definition) is 0. The fourth-order valence-electron chi connectivity index (χ4n) is 0.875. The summed E-state index contributed by atoms with van der Waals surface area (Å²) in [4.78, 5) is 14.6. The normalized spacial score (nSPS) is 10.4. The van der Waals surface area contributed by atoms with Crippen molar-refractivity contribution in [3.05, 3.63) is 22.8 Å². The Kier molecular flexibility index (Phi) is 3.35. The summed E-state index contributed by atoms with van der Waals surface area (Å²) < 4.78 is 28.8. The van der Waals surface area contributed by atoms with Crippen LogP contribution in [0.2, 0.25) is 5.02 Å². The van der Waals surface area contributed by atoms with Gasteiger partial charge in [0, 0.05) is 11.8 Å². The number of ether oxygens (including phenoxy) is 1. The van der Waals surface area contributed by atoms with E-state index in [1.54, 1.807) is 0 Å². The number of carbonyl (C=O) groups excluding carboxylic acids is 1. The molecular weight excluding hydrogens is 216 g/mol. The van der Waals surface area contributed by atoms with Crippen LogP contribution in [-0.2, 0) is 0 Å². The molecule has 0 aliphatic carbocycles. The third-order valence-corrected chi connectivity index (χ3v) is 1.88. The summed E-state index contributed by atoms with van der Waals surface area (Å²) in [7, 11) is 1.28. The predicted molar refractivity (Wildman–Crippen MR) is 46.1 cm³/mol. The maximum atomic E-state index is 12.1. The highest BCUT2D eigenvalue weighted by Gasteiger charge is 2.22. The van der Waals surface area contributed by atoms with E-state index >= 15 is 0 Å². The first kappa shape index (κ1) is 10.8. The molecule has 1 rings (SSSR count). The summed E-state index contributed by atoms with van der Waals surface area (Å²) in [5.41, 5.74) is -0.284. The maximum absolute atomic E-state index is 12.1. The number of aromatic nitrogens is 1. The van der Waals surface area contributed by atoms with Gasteiger partial charge in [0.25, 0.3) is 0 Å². The number of hydrogen-bond acceptors (Lipinski definition) is 3. The molecule has 76 valence electrons. The van der Waals surface area contributed by atoms with Crippen molar-refractivity contribution < 1.29 is 18.3 Å². The van der Waals surface area contributed by atoms with Gasteiger partial charge in [-0.05, 0) is 6.07 Å². The molecule has 0 unspecified atom stereocenters. The zero-order chi connectivity index (χ0) is 10.7. The van der Waals surface area contributed by atoms with Crippen LogP contribution in [0.3, 0.4) is 0 Å². The van der Waals surface area contributed by atoms with E-state index in [0.717, 1.165) is 6.07 Å². The Morgan fingerprint density at radius 1 is 1.64 bits per heavy atom. The molecule has 0 aliphatic rings. The van der Waals surface area contributed by atoms with Crippen molar-refractivity contribution in [3.63, 3.8) is 0 Å². The Balaban J connectivity index is 3.16. The zero-order valence-electron chi connectivity index (χ0n) is 7.13. The second kappa shape index (κ2) is 4.32. The molecule has 0 aliphatic heterocycles. The highest BCUT2D eigenvalue weighted by Crippen LogP contribution is 2.26. The largest absolute Gasteiger partial charge is 0.480 e. The minimum atomic E-state index is -3.08. The first-order valence-electron chi connectivity index (χ1n) is 3.58. The van der Waals surface area contributed by atoms with Gasteiger partial charge in [-0.25, -0.2) is 13.8 Å². The van der Waals surface area contributed by atoms with Crippen molar-refractivity contribution >= 4 is 17.4 Å². The summed E-state index contributed by atoms with van der Waals surface area (Å²) in [6.07, 6.45) is -1.90. The number of halogens is 3. The van der Waals surface area contributed by atoms with Crippen molar-refractivity contribution in [2.24, 2.45) is 0 Å². The molecule has 0 spiro atoms. The molecule has 0 fully saturated rings. The molecule has 0 saturated heterocycles. The lowest BCUT2D eigenvalue weighted by molar-refractivity contribution is 0.0678. The van der Waals surface area contributed by atoms with Crippen molar-refractivity contribution in [2.45, 2.75) is 6.43 Å². The highest BCUT2D eigenvalue weighted by atomic mass is 35.5. The van der Waals surface area contributed by atoms with E-state index in [1.807, 2.05) is 0 Å². The number of Topliss-reactive ketones (excluding diaryl/α,β-unsaturated/α-hetero) is 1. The van der Waals surface area contributed by atoms with E-state index < -0.39 is 12.2 Å². The number of rotatable bonds is 3. The standard InChI is InChI=1S/C8H6ClF2NO2/c1-14-8-5(9)4(2-3-12-8)6(13)7(10)11/h2-3,7H,1H3. The fraction of sp³-hybridized carbons (Fsp3) is 0.250. The van der Waals surface area contributed by atoms with Crippen LogP contribution in [0.5, 0.6) is 5.88 Å². The molecule has 0 radical (unpaired) electrons. The number of alkyl halides is 2. The number of nitrogens with zero attached hydrogens (tertiary/aromatic N) is 1. The third-order valence-electron chi connectivity index (χ3n) is 1.51. The van der Waals surface area contributed by atoms with Gasteiger partial charge >= 0.3 is 6.43 Å². The molecular formula is C8H6ClF2NO2. The van der Waals surface area contributed by atoms with Gasteiger partial charge in [0.15, 0.2) is 0 Å². The second-order valence-electron chi connectivity index (χ2n) is 2.35. The van der Waals surface area contributed by atoms with Crippen LogP contribution >= 0.6 is 11.6 Å². The lowest BCUT2D eigenvalue weighted by atomic mass is 10.2. The van der Waals surface area contributed by atoms with Crippen molar-refractivity contribution in [1.29, 1.82) is 0 Å². The first-order chi connectivity index (χ1) is 6.57. The zero-order valence-corrected chi connectivity index (χ0v) is 7.89. The van der Waals surface area contributed by atoms with Gasteiger partial charge in [0.1, 0.15) is 5.02 Å². The van der Waals surface area contributed by atoms with Crippen LogP contribution in [-0.4, -0.2) is 24.3 Å². The van der Waals surface area contributed by atoms with E-state index in [4.69, 9.17) is 11.6 Å². The molecule has 14 heavy (non-hydrogen) atoms. The molecule has 0 bridgehead atoms. The summed E-state index contributed by atoms with van der Waals surface area (Å²) in [5.74, 6) is -1.38. The van der Waals surface area contributed by atoms with Crippen LogP contribution in [0.4, 0.5) is 8.78 Å². The SMILES string of the molecule is COc1nccc(C(=O)C(F)F)c1Cl. The quantitative estimate of drug-likeness (QED) is 0.735. The molecule has 3 nitrogen and oxygen atoms in total. The first-order valence-corrected chi connectivity index (χ1v) is 3.96. The average Bonchev–Trinajstić information content (AvgIpc) is 2.17. The topological polar surface area (TPSA) is 39.2 Å². The lowest BCUT2D eigenvalue weighted by Crippen LogP contribution is -2.11. The number of pyridine rings is 1. The van der Waals surface area contributed by atoms with Crippen molar-refractivity contribution in [1.82, 2.24) is 4.98 Å². The molecule has 0 N–H and O–H groups in total. The molecule has 1 heterocycles. The highest BCUT2D eigenvalue weighted by molar-refractivity contribution is 6.35. The fourth-order valence-corrected chi connectivity index (χ4v) is 1.16. The van der Waals surface area contributed by atoms with Crippen LogP contribution in [0, 0.1) is 0 Å². The molecule has 0 amide bonds. The summed E-state index contributed by atoms with van der Waals surface area (Å²) in [5, 5.41) is -0.194. The van der Waals surface area contributed by atoms with E-state index in [-0.39, 0.29) is 16.5 Å². The monoisotopic (exact) mass is 221 g/mol. The van der Waals surface area contributed by atoms with E-state index in [1.165, 1.54) is 13.3 Å². The number of carbonyl (C=O) groups is 1. The average molecular weight is 222 g/mol. The van der Waals surface area contributed by atoms with Crippen molar-refractivity contribution in [3.8, 4) is 5.88 Å².